The highest BCUT2D eigenvalue weighted by atomic mass is 32.2. The van der Waals surface area contributed by atoms with Crippen molar-refractivity contribution >= 4 is 27.1 Å². The minimum absolute atomic E-state index is 0.167. The van der Waals surface area contributed by atoms with Crippen LogP contribution in [0.2, 0.25) is 0 Å². The molecule has 2 aromatic carbocycles. The molecule has 10 heteroatoms. The van der Waals surface area contributed by atoms with Gasteiger partial charge in [0, 0.05) is 36.3 Å². The number of nitrogens with zero attached hydrogens (tertiary/aromatic N) is 1. The molecule has 1 saturated heterocycles. The van der Waals surface area contributed by atoms with Gasteiger partial charge in [0.25, 0.3) is 15.7 Å². The molecule has 1 aliphatic rings. The average molecular weight is 405 g/mol. The quantitative estimate of drug-likeness (QED) is 0.411. The normalized spacial score (nSPS) is 22.0. The van der Waals surface area contributed by atoms with Gasteiger partial charge in [-0.2, -0.15) is 0 Å². The maximum absolute atomic E-state index is 12.6. The summed E-state index contributed by atoms with van der Waals surface area (Å²) in [5, 5.41) is 14.6. The first-order chi connectivity index (χ1) is 13.3. The zero-order valence-corrected chi connectivity index (χ0v) is 16.4. The van der Waals surface area contributed by atoms with Crippen molar-refractivity contribution in [3.63, 3.8) is 0 Å². The fourth-order valence-electron chi connectivity index (χ4n) is 3.19. The number of hydrogen-bond donors (Lipinski definition) is 4. The molecule has 2 atom stereocenters. The molecule has 0 amide bonds. The van der Waals surface area contributed by atoms with Gasteiger partial charge >= 0.3 is 0 Å². The number of hydrazine groups is 1. The van der Waals surface area contributed by atoms with Crippen LogP contribution in [0.25, 0.3) is 0 Å². The Kier molecular flexibility index (Phi) is 5.82. The van der Waals surface area contributed by atoms with Gasteiger partial charge in [-0.25, -0.2) is 8.42 Å². The second kappa shape index (κ2) is 8.13. The molecule has 0 bridgehead atoms. The second-order valence-corrected chi connectivity index (χ2v) is 8.50. The van der Waals surface area contributed by atoms with Crippen LogP contribution in [-0.4, -0.2) is 32.0 Å². The Bertz CT molecular complexity index is 942. The zero-order chi connectivity index (χ0) is 20.3. The monoisotopic (exact) mass is 405 g/mol. The zero-order valence-electron chi connectivity index (χ0n) is 15.5. The van der Waals surface area contributed by atoms with Crippen LogP contribution in [0.1, 0.15) is 13.8 Å². The van der Waals surface area contributed by atoms with Crippen LogP contribution in [0.4, 0.5) is 17.1 Å². The van der Waals surface area contributed by atoms with Gasteiger partial charge < -0.3 is 5.32 Å². The highest BCUT2D eigenvalue weighted by Gasteiger charge is 2.30. The van der Waals surface area contributed by atoms with Gasteiger partial charge in [0.2, 0.25) is 0 Å². The lowest BCUT2D eigenvalue weighted by atomic mass is 9.96. The van der Waals surface area contributed by atoms with Gasteiger partial charge in [-0.15, -0.1) is 0 Å². The molecule has 150 valence electrons. The van der Waals surface area contributed by atoms with Crippen molar-refractivity contribution in [2.75, 3.05) is 16.6 Å². The number of rotatable bonds is 7. The summed E-state index contributed by atoms with van der Waals surface area (Å²) in [6, 6.07) is 12.6. The van der Waals surface area contributed by atoms with Gasteiger partial charge in [0.15, 0.2) is 0 Å². The first-order valence-corrected chi connectivity index (χ1v) is 10.4. The number of anilines is 2. The topological polar surface area (TPSA) is 125 Å². The molecule has 1 aliphatic heterocycles. The fraction of sp³-hybridized carbons (Fsp3) is 0.333. The van der Waals surface area contributed by atoms with Crippen molar-refractivity contribution in [1.82, 2.24) is 10.9 Å². The number of sulfonamides is 1. The number of nitro benzene ring substituents is 1. The molecule has 9 nitrogen and oxygen atoms in total. The maximum Gasteiger partial charge on any atom is 0.293 e. The molecule has 2 aromatic rings. The number of nitro groups is 1. The first kappa shape index (κ1) is 20.1. The van der Waals surface area contributed by atoms with Crippen LogP contribution < -0.4 is 20.9 Å². The average Bonchev–Trinajstić information content (AvgIpc) is 2.98. The van der Waals surface area contributed by atoms with Gasteiger partial charge in [0.05, 0.1) is 9.82 Å². The Labute approximate surface area is 163 Å². The van der Waals surface area contributed by atoms with E-state index in [0.717, 1.165) is 6.07 Å². The largest absolute Gasteiger partial charge is 0.379 e. The van der Waals surface area contributed by atoms with E-state index in [9.17, 15) is 18.5 Å². The van der Waals surface area contributed by atoms with Gasteiger partial charge in [-0.05, 0) is 38.1 Å². The van der Waals surface area contributed by atoms with E-state index < -0.39 is 14.9 Å². The number of para-hydroxylation sites is 1. The van der Waals surface area contributed by atoms with Crippen molar-refractivity contribution in [2.24, 2.45) is 5.92 Å². The molecule has 28 heavy (non-hydrogen) atoms. The van der Waals surface area contributed by atoms with Crippen molar-refractivity contribution in [2.45, 2.75) is 30.8 Å². The summed E-state index contributed by atoms with van der Waals surface area (Å²) in [6.45, 7) is 4.57. The minimum Gasteiger partial charge on any atom is -0.379 e. The van der Waals surface area contributed by atoms with Gasteiger partial charge in [0.1, 0.15) is 5.69 Å². The summed E-state index contributed by atoms with van der Waals surface area (Å²) in [6.07, 6.45) is 0. The Balaban J connectivity index is 1.81. The van der Waals surface area contributed by atoms with Crippen LogP contribution >= 0.6 is 0 Å². The molecule has 2 unspecified atom stereocenters. The molecule has 0 radical (unpaired) electrons. The third-order valence-electron chi connectivity index (χ3n) is 4.85. The van der Waals surface area contributed by atoms with E-state index in [1.54, 1.807) is 30.3 Å². The molecule has 0 spiro atoms. The first-order valence-electron chi connectivity index (χ1n) is 8.89. The van der Waals surface area contributed by atoms with E-state index in [1.807, 2.05) is 13.8 Å². The predicted molar refractivity (Wildman–Crippen MR) is 108 cm³/mol. The van der Waals surface area contributed by atoms with Crippen LogP contribution in [0.5, 0.6) is 0 Å². The van der Waals surface area contributed by atoms with Crippen LogP contribution in [0.3, 0.4) is 0 Å². The summed E-state index contributed by atoms with van der Waals surface area (Å²) in [7, 11) is -3.94. The molecular formula is C18H23N5O4S. The van der Waals surface area contributed by atoms with Gasteiger partial charge in [-0.1, -0.05) is 18.2 Å². The molecule has 1 fully saturated rings. The molecular weight excluding hydrogens is 382 g/mol. The Morgan fingerprint density at radius 2 is 1.71 bits per heavy atom. The number of hydrogen-bond acceptors (Lipinski definition) is 7. The Morgan fingerprint density at radius 3 is 2.32 bits per heavy atom. The Hall–Kier alpha value is -2.69. The lowest BCUT2D eigenvalue weighted by Crippen LogP contribution is -2.30. The number of benzene rings is 2. The van der Waals surface area contributed by atoms with Crippen molar-refractivity contribution in [3.05, 3.63) is 58.6 Å². The molecule has 3 rings (SSSR count). The highest BCUT2D eigenvalue weighted by molar-refractivity contribution is 7.92. The lowest BCUT2D eigenvalue weighted by molar-refractivity contribution is -0.384. The van der Waals surface area contributed by atoms with E-state index in [0.29, 0.717) is 12.2 Å². The summed E-state index contributed by atoms with van der Waals surface area (Å²) in [4.78, 5) is 10.8. The molecule has 0 aliphatic carbocycles. The second-order valence-electron chi connectivity index (χ2n) is 6.82. The summed E-state index contributed by atoms with van der Waals surface area (Å²) in [5.41, 5.74) is 6.66. The highest BCUT2D eigenvalue weighted by Crippen LogP contribution is 2.29. The number of nitrogens with one attached hydrogen (secondary N) is 4. The van der Waals surface area contributed by atoms with E-state index in [-0.39, 0.29) is 34.3 Å². The smallest absolute Gasteiger partial charge is 0.293 e. The van der Waals surface area contributed by atoms with E-state index in [1.165, 1.54) is 12.1 Å². The van der Waals surface area contributed by atoms with Crippen molar-refractivity contribution < 1.29 is 13.3 Å². The van der Waals surface area contributed by atoms with E-state index in [4.69, 9.17) is 0 Å². The van der Waals surface area contributed by atoms with E-state index in [2.05, 4.69) is 20.9 Å². The summed E-state index contributed by atoms with van der Waals surface area (Å²) >= 11 is 0. The van der Waals surface area contributed by atoms with Crippen molar-refractivity contribution in [1.29, 1.82) is 0 Å². The maximum atomic E-state index is 12.6. The molecule has 4 N–H and O–H groups in total. The lowest BCUT2D eigenvalue weighted by Gasteiger charge is -2.19. The Morgan fingerprint density at radius 1 is 1.07 bits per heavy atom. The van der Waals surface area contributed by atoms with Crippen LogP contribution in [0, 0.1) is 16.0 Å². The van der Waals surface area contributed by atoms with E-state index >= 15 is 0 Å². The molecule has 0 aromatic heterocycles. The third-order valence-corrected chi connectivity index (χ3v) is 6.23. The van der Waals surface area contributed by atoms with Crippen LogP contribution in [0.15, 0.2) is 53.4 Å². The summed E-state index contributed by atoms with van der Waals surface area (Å²) < 4.78 is 27.6. The fourth-order valence-corrected chi connectivity index (χ4v) is 4.27. The predicted octanol–water partition coefficient (Wildman–Crippen LogP) is 2.31. The summed E-state index contributed by atoms with van der Waals surface area (Å²) in [5.74, 6) is 0.225. The minimum atomic E-state index is -3.94. The van der Waals surface area contributed by atoms with Crippen molar-refractivity contribution in [3.8, 4) is 0 Å². The molecule has 0 saturated carbocycles. The van der Waals surface area contributed by atoms with Crippen LogP contribution in [-0.2, 0) is 10.0 Å². The SMILES string of the molecule is CC1NNC(C)C1CNc1ccc(S(=O)(=O)Nc2ccccc2)cc1[N+](=O)[O-]. The van der Waals surface area contributed by atoms with Gasteiger partial charge in [-0.3, -0.25) is 25.7 Å². The third kappa shape index (κ3) is 4.41. The molecule has 1 heterocycles. The standard InChI is InChI=1S/C18H23N5O4S/c1-12-16(13(2)21-20-12)11-19-17-9-8-15(10-18(17)23(24)25)28(26,27)22-14-6-4-3-5-7-14/h3-10,12-13,16,19-22H,11H2,1-2H3.